The van der Waals surface area contributed by atoms with Crippen molar-refractivity contribution in [2.24, 2.45) is 10.7 Å². The molecule has 7 heavy (non-hydrogen) atoms. The molecule has 1 amide bonds. The van der Waals surface area contributed by atoms with E-state index in [1.54, 1.807) is 7.05 Å². The van der Waals surface area contributed by atoms with E-state index in [-0.39, 0.29) is 12.3 Å². The molecule has 0 aromatic heterocycles. The van der Waals surface area contributed by atoms with Crippen LogP contribution in [-0.4, -0.2) is 19.2 Å². The summed E-state index contributed by atoms with van der Waals surface area (Å²) in [5.74, 6) is -0.342. The summed E-state index contributed by atoms with van der Waals surface area (Å²) < 4.78 is 0. The van der Waals surface area contributed by atoms with E-state index in [1.807, 2.05) is 0 Å². The summed E-state index contributed by atoms with van der Waals surface area (Å²) in [4.78, 5) is 13.4. The lowest BCUT2D eigenvalue weighted by atomic mass is 10.5. The number of hydrogen-bond donors (Lipinski definition) is 1. The average molecular weight is 100 g/mol. The highest BCUT2D eigenvalue weighted by atomic mass is 16.1. The Labute approximate surface area is 42.2 Å². The Bertz CT molecular complexity index is 87.7. The van der Waals surface area contributed by atoms with Crippen LogP contribution in [0.4, 0.5) is 0 Å². The first kappa shape index (κ1) is 6.14. The molecule has 0 rings (SSSR count). The topological polar surface area (TPSA) is 55.4 Å². The SMILES string of the molecule is CN=CCC(N)=O. The number of nitrogens with zero attached hydrogens (tertiary/aromatic N) is 1. The van der Waals surface area contributed by atoms with Crippen LogP contribution in [0.15, 0.2) is 4.99 Å². The number of carbonyl (C=O) groups excluding carboxylic acids is 1. The lowest BCUT2D eigenvalue weighted by Gasteiger charge is -1.78. The van der Waals surface area contributed by atoms with Crippen molar-refractivity contribution in [3.05, 3.63) is 0 Å². The molecule has 3 nitrogen and oxygen atoms in total. The molecule has 0 aromatic rings. The van der Waals surface area contributed by atoms with Gasteiger partial charge in [-0.1, -0.05) is 0 Å². The molecule has 0 aliphatic heterocycles. The molecule has 2 N–H and O–H groups in total. The Morgan fingerprint density at radius 1 is 2.00 bits per heavy atom. The van der Waals surface area contributed by atoms with Gasteiger partial charge in [0.1, 0.15) is 0 Å². The third-order valence-electron chi connectivity index (χ3n) is 0.475. The molecule has 0 aromatic carbocycles. The summed E-state index contributed by atoms with van der Waals surface area (Å²) in [6.45, 7) is 0. The van der Waals surface area contributed by atoms with Crippen LogP contribution in [0.3, 0.4) is 0 Å². The second kappa shape index (κ2) is 3.33. The van der Waals surface area contributed by atoms with Gasteiger partial charge >= 0.3 is 0 Å². The van der Waals surface area contributed by atoms with Crippen LogP contribution < -0.4 is 5.73 Å². The van der Waals surface area contributed by atoms with Gasteiger partial charge < -0.3 is 10.7 Å². The minimum absolute atomic E-state index is 0.247. The van der Waals surface area contributed by atoms with E-state index in [0.29, 0.717) is 0 Å². The molecule has 40 valence electrons. The van der Waals surface area contributed by atoms with Crippen molar-refractivity contribution in [2.45, 2.75) is 6.42 Å². The van der Waals surface area contributed by atoms with Crippen LogP contribution in [0.25, 0.3) is 0 Å². The van der Waals surface area contributed by atoms with Crippen LogP contribution in [0, 0.1) is 0 Å². The predicted molar refractivity (Wildman–Crippen MR) is 28.2 cm³/mol. The summed E-state index contributed by atoms with van der Waals surface area (Å²) in [5, 5.41) is 0. The van der Waals surface area contributed by atoms with Crippen molar-refractivity contribution < 1.29 is 4.79 Å². The maximum atomic E-state index is 9.89. The van der Waals surface area contributed by atoms with Gasteiger partial charge in [0.15, 0.2) is 0 Å². The third-order valence-corrected chi connectivity index (χ3v) is 0.475. The Hall–Kier alpha value is -0.860. The highest BCUT2D eigenvalue weighted by molar-refractivity contribution is 5.88. The Balaban J connectivity index is 3.14. The van der Waals surface area contributed by atoms with Crippen LogP contribution in [0.5, 0.6) is 0 Å². The van der Waals surface area contributed by atoms with Gasteiger partial charge in [-0.15, -0.1) is 0 Å². The zero-order valence-electron chi connectivity index (χ0n) is 4.22. The number of rotatable bonds is 2. The fraction of sp³-hybridized carbons (Fsp3) is 0.500. The summed E-state index contributed by atoms with van der Waals surface area (Å²) >= 11 is 0. The molecule has 0 atom stereocenters. The minimum Gasteiger partial charge on any atom is -0.369 e. The smallest absolute Gasteiger partial charge is 0.222 e. The van der Waals surface area contributed by atoms with E-state index < -0.39 is 0 Å². The predicted octanol–water partition coefficient (Wildman–Crippen LogP) is -0.438. The van der Waals surface area contributed by atoms with Crippen molar-refractivity contribution in [3.8, 4) is 0 Å². The first-order valence-corrected chi connectivity index (χ1v) is 1.96. The van der Waals surface area contributed by atoms with E-state index >= 15 is 0 Å². The van der Waals surface area contributed by atoms with Gasteiger partial charge in [0.05, 0.1) is 6.42 Å². The fourth-order valence-corrected chi connectivity index (χ4v) is 0.181. The van der Waals surface area contributed by atoms with Crippen molar-refractivity contribution in [1.29, 1.82) is 0 Å². The van der Waals surface area contributed by atoms with Gasteiger partial charge in [0.2, 0.25) is 5.91 Å². The molecule has 0 saturated heterocycles. The highest BCUT2D eigenvalue weighted by Crippen LogP contribution is 1.65. The molecule has 0 fully saturated rings. The number of amides is 1. The largest absolute Gasteiger partial charge is 0.369 e. The third kappa shape index (κ3) is 5.14. The Morgan fingerprint density at radius 2 is 2.57 bits per heavy atom. The summed E-state index contributed by atoms with van der Waals surface area (Å²) in [6, 6.07) is 0. The molecule has 3 heteroatoms. The quantitative estimate of drug-likeness (QED) is 0.470. The first-order chi connectivity index (χ1) is 3.27. The molecule has 0 radical (unpaired) electrons. The Kier molecular flexibility index (Phi) is 2.92. The normalized spacial score (nSPS) is 9.86. The van der Waals surface area contributed by atoms with Crippen LogP contribution in [-0.2, 0) is 4.79 Å². The highest BCUT2D eigenvalue weighted by Gasteiger charge is 1.83. The van der Waals surface area contributed by atoms with E-state index in [2.05, 4.69) is 4.99 Å². The van der Waals surface area contributed by atoms with Gasteiger partial charge in [-0.05, 0) is 0 Å². The van der Waals surface area contributed by atoms with Crippen LogP contribution in [0.2, 0.25) is 0 Å². The first-order valence-electron chi connectivity index (χ1n) is 1.96. The monoisotopic (exact) mass is 100 g/mol. The number of nitrogens with two attached hydrogens (primary N) is 1. The van der Waals surface area contributed by atoms with Crippen molar-refractivity contribution in [2.75, 3.05) is 7.05 Å². The molecule has 0 unspecified atom stereocenters. The van der Waals surface area contributed by atoms with Crippen molar-refractivity contribution >= 4 is 12.1 Å². The molecule has 0 heterocycles. The summed E-state index contributed by atoms with van der Waals surface area (Å²) in [6.07, 6.45) is 1.72. The lowest BCUT2D eigenvalue weighted by Crippen LogP contribution is -2.09. The van der Waals surface area contributed by atoms with Crippen molar-refractivity contribution in [3.63, 3.8) is 0 Å². The number of hydrogen-bond acceptors (Lipinski definition) is 2. The van der Waals surface area contributed by atoms with Crippen molar-refractivity contribution in [1.82, 2.24) is 0 Å². The van der Waals surface area contributed by atoms with E-state index in [4.69, 9.17) is 5.73 Å². The lowest BCUT2D eigenvalue weighted by molar-refractivity contribution is -0.116. The summed E-state index contributed by atoms with van der Waals surface area (Å²) in [5.41, 5.74) is 4.75. The van der Waals surface area contributed by atoms with E-state index in [0.717, 1.165) is 0 Å². The second-order valence-corrected chi connectivity index (χ2v) is 1.11. The number of aliphatic imine (C=N–C) groups is 1. The Morgan fingerprint density at radius 3 is 2.71 bits per heavy atom. The van der Waals surface area contributed by atoms with E-state index in [1.165, 1.54) is 6.21 Å². The molecular weight excluding hydrogens is 92.1 g/mol. The summed E-state index contributed by atoms with van der Waals surface area (Å²) in [7, 11) is 1.60. The molecule has 0 spiro atoms. The zero-order chi connectivity index (χ0) is 5.70. The van der Waals surface area contributed by atoms with Gasteiger partial charge in [0, 0.05) is 13.3 Å². The standard InChI is InChI=1S/C4H8N2O/c1-6-3-2-4(5)7/h3H,2H2,1H3,(H2,5,7). The maximum Gasteiger partial charge on any atom is 0.222 e. The van der Waals surface area contributed by atoms with Gasteiger partial charge in [-0.3, -0.25) is 4.79 Å². The molecule has 0 aliphatic carbocycles. The number of primary amides is 1. The van der Waals surface area contributed by atoms with Crippen LogP contribution >= 0.6 is 0 Å². The van der Waals surface area contributed by atoms with Crippen LogP contribution in [0.1, 0.15) is 6.42 Å². The minimum atomic E-state index is -0.342. The van der Waals surface area contributed by atoms with Gasteiger partial charge in [-0.2, -0.15) is 0 Å². The second-order valence-electron chi connectivity index (χ2n) is 1.11. The van der Waals surface area contributed by atoms with E-state index in [9.17, 15) is 4.79 Å². The average Bonchev–Trinajstić information content (AvgIpc) is 1.61. The number of carbonyl (C=O) groups is 1. The molecule has 0 saturated carbocycles. The maximum absolute atomic E-state index is 9.89. The molecular formula is C4H8N2O. The molecule has 0 aliphatic rings. The molecule has 0 bridgehead atoms. The zero-order valence-corrected chi connectivity index (χ0v) is 4.22. The van der Waals surface area contributed by atoms with Gasteiger partial charge in [-0.25, -0.2) is 0 Å². The van der Waals surface area contributed by atoms with Gasteiger partial charge in [0.25, 0.3) is 0 Å². The fourth-order valence-electron chi connectivity index (χ4n) is 0.181.